The maximum absolute atomic E-state index is 12.6. The summed E-state index contributed by atoms with van der Waals surface area (Å²) in [5.41, 5.74) is 2.26. The molecule has 2 aliphatic heterocycles. The highest BCUT2D eigenvalue weighted by Gasteiger charge is 2.30. The van der Waals surface area contributed by atoms with E-state index in [0.717, 1.165) is 31.6 Å². The first-order valence-electron chi connectivity index (χ1n) is 9.47. The number of pyridine rings is 1. The number of likely N-dealkylation sites (tertiary alicyclic amines) is 2. The van der Waals surface area contributed by atoms with E-state index in [2.05, 4.69) is 37.5 Å². The first kappa shape index (κ1) is 17.1. The summed E-state index contributed by atoms with van der Waals surface area (Å²) in [4.78, 5) is 21.8. The fraction of sp³-hybridized carbons (Fsp3) is 0.611. The van der Waals surface area contributed by atoms with Gasteiger partial charge in [-0.1, -0.05) is 6.07 Å². The van der Waals surface area contributed by atoms with Crippen molar-refractivity contribution in [2.75, 3.05) is 19.6 Å². The summed E-state index contributed by atoms with van der Waals surface area (Å²) in [6.07, 6.45) is 8.54. The number of nitrogens with zero attached hydrogens (tertiary/aromatic N) is 7. The van der Waals surface area contributed by atoms with Gasteiger partial charge in [0.15, 0.2) is 0 Å². The van der Waals surface area contributed by atoms with E-state index in [1.54, 1.807) is 4.68 Å². The topological polar surface area (TPSA) is 80.0 Å². The molecule has 2 saturated heterocycles. The molecule has 1 unspecified atom stereocenters. The quantitative estimate of drug-likeness (QED) is 0.780. The molecule has 0 radical (unpaired) electrons. The molecule has 0 N–H and O–H groups in total. The first-order valence-corrected chi connectivity index (χ1v) is 9.47. The number of hydrogen-bond acceptors (Lipinski definition) is 6. The van der Waals surface area contributed by atoms with E-state index in [0.29, 0.717) is 13.0 Å². The van der Waals surface area contributed by atoms with E-state index >= 15 is 0 Å². The molecule has 2 fully saturated rings. The molecule has 4 heterocycles. The summed E-state index contributed by atoms with van der Waals surface area (Å²) in [6.45, 7) is 4.67. The molecule has 8 nitrogen and oxygen atoms in total. The van der Waals surface area contributed by atoms with Crippen molar-refractivity contribution < 1.29 is 4.79 Å². The molecule has 1 atom stereocenters. The van der Waals surface area contributed by atoms with Crippen LogP contribution in [0.4, 0.5) is 0 Å². The van der Waals surface area contributed by atoms with E-state index in [1.807, 2.05) is 11.1 Å². The number of amides is 1. The molecular formula is C18H25N7O. The molecule has 2 aliphatic rings. The lowest BCUT2D eigenvalue weighted by Gasteiger charge is -2.24. The summed E-state index contributed by atoms with van der Waals surface area (Å²) < 4.78 is 1.59. The van der Waals surface area contributed by atoms with E-state index < -0.39 is 0 Å². The second kappa shape index (κ2) is 7.90. The standard InChI is InChI=1S/C18H25N7O/c26-18(7-11-24-14-20-21-22-24)25-10-3-4-17(25)16-6-5-15(12-19-16)13-23-8-1-2-9-23/h5-6,12,14,17H,1-4,7-11,13H2. The van der Waals surface area contributed by atoms with Gasteiger partial charge in [0.25, 0.3) is 0 Å². The Morgan fingerprint density at radius 1 is 1.15 bits per heavy atom. The molecule has 0 bridgehead atoms. The zero-order valence-corrected chi connectivity index (χ0v) is 15.0. The molecule has 0 spiro atoms. The van der Waals surface area contributed by atoms with Gasteiger partial charge in [-0.25, -0.2) is 4.68 Å². The van der Waals surface area contributed by atoms with Gasteiger partial charge < -0.3 is 4.90 Å². The number of rotatable bonds is 6. The molecule has 2 aromatic heterocycles. The largest absolute Gasteiger partial charge is 0.334 e. The van der Waals surface area contributed by atoms with Crippen molar-refractivity contribution in [3.63, 3.8) is 0 Å². The van der Waals surface area contributed by atoms with Crippen LogP contribution < -0.4 is 0 Å². The summed E-state index contributed by atoms with van der Waals surface area (Å²) in [7, 11) is 0. The Morgan fingerprint density at radius 3 is 2.77 bits per heavy atom. The van der Waals surface area contributed by atoms with Gasteiger partial charge in [0.1, 0.15) is 6.33 Å². The Morgan fingerprint density at radius 2 is 2.04 bits per heavy atom. The highest BCUT2D eigenvalue weighted by molar-refractivity contribution is 5.76. The molecule has 2 aromatic rings. The van der Waals surface area contributed by atoms with Crippen LogP contribution in [0.25, 0.3) is 0 Å². The number of carbonyl (C=O) groups excluding carboxylic acids is 1. The monoisotopic (exact) mass is 355 g/mol. The third kappa shape index (κ3) is 3.90. The van der Waals surface area contributed by atoms with E-state index in [-0.39, 0.29) is 11.9 Å². The average molecular weight is 355 g/mol. The number of hydrogen-bond donors (Lipinski definition) is 0. The SMILES string of the molecule is O=C(CCn1cnnn1)N1CCCC1c1ccc(CN2CCCC2)cn1. The summed E-state index contributed by atoms with van der Waals surface area (Å²) in [5.74, 6) is 0.144. The lowest BCUT2D eigenvalue weighted by Crippen LogP contribution is -2.31. The predicted molar refractivity (Wildman–Crippen MR) is 94.9 cm³/mol. The van der Waals surface area contributed by atoms with Gasteiger partial charge in [0.2, 0.25) is 5.91 Å². The molecule has 8 heteroatoms. The van der Waals surface area contributed by atoms with Gasteiger partial charge in [0, 0.05) is 25.7 Å². The molecule has 26 heavy (non-hydrogen) atoms. The average Bonchev–Trinajstić information content (AvgIpc) is 3.42. The molecule has 0 aromatic carbocycles. The zero-order valence-electron chi connectivity index (χ0n) is 15.0. The Kier molecular flexibility index (Phi) is 5.19. The van der Waals surface area contributed by atoms with Crippen molar-refractivity contribution in [3.8, 4) is 0 Å². The second-order valence-electron chi connectivity index (χ2n) is 7.14. The minimum Gasteiger partial charge on any atom is -0.334 e. The van der Waals surface area contributed by atoms with E-state index in [9.17, 15) is 4.79 Å². The number of aryl methyl sites for hydroxylation is 1. The maximum Gasteiger partial charge on any atom is 0.225 e. The Labute approximate surface area is 153 Å². The second-order valence-corrected chi connectivity index (χ2v) is 7.14. The van der Waals surface area contributed by atoms with Gasteiger partial charge in [-0.3, -0.25) is 14.7 Å². The van der Waals surface area contributed by atoms with Crippen LogP contribution in [0.15, 0.2) is 24.7 Å². The fourth-order valence-corrected chi connectivity index (χ4v) is 3.93. The first-order chi connectivity index (χ1) is 12.8. The van der Waals surface area contributed by atoms with Crippen LogP contribution in [-0.4, -0.2) is 60.5 Å². The van der Waals surface area contributed by atoms with Crippen LogP contribution in [0.5, 0.6) is 0 Å². The number of carbonyl (C=O) groups is 1. The lowest BCUT2D eigenvalue weighted by atomic mass is 10.1. The number of aromatic nitrogens is 5. The van der Waals surface area contributed by atoms with Crippen molar-refractivity contribution in [2.45, 2.75) is 51.2 Å². The van der Waals surface area contributed by atoms with E-state index in [1.165, 1.54) is 37.8 Å². The third-order valence-electron chi connectivity index (χ3n) is 5.31. The van der Waals surface area contributed by atoms with Crippen molar-refractivity contribution in [1.29, 1.82) is 0 Å². The molecular weight excluding hydrogens is 330 g/mol. The Bertz CT molecular complexity index is 710. The fourth-order valence-electron chi connectivity index (χ4n) is 3.93. The van der Waals surface area contributed by atoms with Crippen molar-refractivity contribution in [2.24, 2.45) is 0 Å². The van der Waals surface area contributed by atoms with Crippen molar-refractivity contribution >= 4 is 5.91 Å². The molecule has 138 valence electrons. The predicted octanol–water partition coefficient (Wildman–Crippen LogP) is 1.42. The summed E-state index contributed by atoms with van der Waals surface area (Å²) in [5, 5.41) is 11.0. The minimum atomic E-state index is 0.0946. The molecule has 0 saturated carbocycles. The third-order valence-corrected chi connectivity index (χ3v) is 5.31. The van der Waals surface area contributed by atoms with Gasteiger partial charge in [-0.2, -0.15) is 0 Å². The zero-order chi connectivity index (χ0) is 17.8. The van der Waals surface area contributed by atoms with Gasteiger partial charge in [0.05, 0.1) is 18.3 Å². The van der Waals surface area contributed by atoms with Crippen LogP contribution in [0.3, 0.4) is 0 Å². The Balaban J connectivity index is 1.36. The van der Waals surface area contributed by atoms with Crippen LogP contribution in [0, 0.1) is 0 Å². The van der Waals surface area contributed by atoms with E-state index in [4.69, 9.17) is 0 Å². The highest BCUT2D eigenvalue weighted by atomic mass is 16.2. The smallest absolute Gasteiger partial charge is 0.225 e. The normalized spacial score (nSPS) is 20.8. The van der Waals surface area contributed by atoms with Crippen LogP contribution in [-0.2, 0) is 17.9 Å². The maximum atomic E-state index is 12.6. The van der Waals surface area contributed by atoms with Crippen molar-refractivity contribution in [1.82, 2.24) is 35.0 Å². The summed E-state index contributed by atoms with van der Waals surface area (Å²) in [6, 6.07) is 4.36. The molecule has 4 rings (SSSR count). The van der Waals surface area contributed by atoms with Crippen LogP contribution in [0.2, 0.25) is 0 Å². The molecule has 1 amide bonds. The summed E-state index contributed by atoms with van der Waals surface area (Å²) >= 11 is 0. The highest BCUT2D eigenvalue weighted by Crippen LogP contribution is 2.31. The van der Waals surface area contributed by atoms with Gasteiger partial charge >= 0.3 is 0 Å². The van der Waals surface area contributed by atoms with Gasteiger partial charge in [-0.05, 0) is 60.8 Å². The lowest BCUT2D eigenvalue weighted by molar-refractivity contribution is -0.132. The number of tetrazole rings is 1. The van der Waals surface area contributed by atoms with Crippen LogP contribution >= 0.6 is 0 Å². The minimum absolute atomic E-state index is 0.0946. The Hall–Kier alpha value is -2.35. The van der Waals surface area contributed by atoms with Gasteiger partial charge in [-0.15, -0.1) is 5.10 Å². The van der Waals surface area contributed by atoms with Crippen LogP contribution in [0.1, 0.15) is 49.4 Å². The van der Waals surface area contributed by atoms with Crippen molar-refractivity contribution in [3.05, 3.63) is 35.9 Å². The molecule has 0 aliphatic carbocycles.